The van der Waals surface area contributed by atoms with Gasteiger partial charge in [-0.15, -0.1) is 0 Å². The molecule has 0 aromatic heterocycles. The second-order valence-electron chi connectivity index (χ2n) is 9.47. The lowest BCUT2D eigenvalue weighted by molar-refractivity contribution is -0.136. The Balaban J connectivity index is 1.40. The molecule has 0 atom stereocenters. The molecule has 0 aliphatic carbocycles. The van der Waals surface area contributed by atoms with E-state index in [1.54, 1.807) is 0 Å². The average Bonchev–Trinajstić information content (AvgIpc) is 3.00. The van der Waals surface area contributed by atoms with Gasteiger partial charge in [-0.1, -0.05) is 115 Å². The first-order chi connectivity index (χ1) is 19.6. The minimum Gasteiger partial charge on any atom is -0.488 e. The van der Waals surface area contributed by atoms with Gasteiger partial charge in [0.1, 0.15) is 12.4 Å². The van der Waals surface area contributed by atoms with Gasteiger partial charge in [0.25, 0.3) is 0 Å². The number of carbonyl (C=O) groups is 1. The molecule has 0 aliphatic heterocycles. The van der Waals surface area contributed by atoms with Gasteiger partial charge in [0.05, 0.1) is 3.57 Å². The smallest absolute Gasteiger partial charge is 0.303 e. The van der Waals surface area contributed by atoms with Crippen molar-refractivity contribution in [3.8, 4) is 28.0 Å². The number of aliphatic carboxylic acids is 1. The Hall–Kier alpha value is -4.16. The molecular weight excluding hydrogens is 607 g/mol. The van der Waals surface area contributed by atoms with E-state index in [1.807, 2.05) is 30.3 Å². The van der Waals surface area contributed by atoms with Gasteiger partial charge in [-0.25, -0.2) is 0 Å². The fourth-order valence-electron chi connectivity index (χ4n) is 4.63. The summed E-state index contributed by atoms with van der Waals surface area (Å²) < 4.78 is 7.14. The normalized spacial score (nSPS) is 10.6. The molecule has 40 heavy (non-hydrogen) atoms. The monoisotopic (exact) mass is 636 g/mol. The molecule has 0 radical (unpaired) electrons. The van der Waals surface area contributed by atoms with E-state index >= 15 is 0 Å². The summed E-state index contributed by atoms with van der Waals surface area (Å²) in [6.45, 7) is 0.403. The summed E-state index contributed by atoms with van der Waals surface area (Å²) in [5, 5.41) is 8.97. The third kappa shape index (κ3) is 7.07. The first-order valence-corrected chi connectivity index (χ1v) is 14.3. The Labute approximate surface area is 248 Å². The number of halogens is 1. The maximum Gasteiger partial charge on any atom is 0.303 e. The van der Waals surface area contributed by atoms with E-state index in [-0.39, 0.29) is 6.42 Å². The van der Waals surface area contributed by atoms with Crippen LogP contribution in [-0.4, -0.2) is 17.7 Å². The summed E-state index contributed by atoms with van der Waals surface area (Å²) in [7, 11) is 0. The van der Waals surface area contributed by atoms with E-state index in [0.29, 0.717) is 13.0 Å². The fraction of sp³-hybridized carbons (Fsp3) is 0.0833. The van der Waals surface area contributed by atoms with Crippen LogP contribution in [0.5, 0.6) is 5.75 Å². The molecule has 0 saturated heterocycles. The zero-order valence-electron chi connectivity index (χ0n) is 22.0. The minimum absolute atomic E-state index is 0.120. The molecule has 5 aromatic rings. The zero-order chi connectivity index (χ0) is 27.7. The predicted molar refractivity (Wildman–Crippen MR) is 171 cm³/mol. The Morgan fingerprint density at radius 2 is 1.18 bits per heavy atom. The van der Waals surface area contributed by atoms with Crippen molar-refractivity contribution < 1.29 is 14.6 Å². The number of carboxylic acid groups (broad SMARTS) is 1. The minimum atomic E-state index is -0.790. The standard InChI is InChI=1S/C36H29IO3/c37-34-25-26(12-22-36(38)39)11-21-35(34)40-24-23-33(31-17-13-29(14-18-31)27-7-3-1-4-8-27)32-19-15-30(16-20-32)28-9-5-2-6-10-28/h1-11,13-21,23,25H,12,22,24H2,(H,38,39). The molecule has 0 aliphatic rings. The van der Waals surface area contributed by atoms with Gasteiger partial charge in [-0.2, -0.15) is 0 Å². The maximum absolute atomic E-state index is 10.9. The second-order valence-corrected chi connectivity index (χ2v) is 10.6. The van der Waals surface area contributed by atoms with E-state index in [1.165, 1.54) is 22.3 Å². The van der Waals surface area contributed by atoms with Gasteiger partial charge >= 0.3 is 5.97 Å². The lowest BCUT2D eigenvalue weighted by Gasteiger charge is -2.13. The van der Waals surface area contributed by atoms with Crippen LogP contribution in [0.15, 0.2) is 133 Å². The van der Waals surface area contributed by atoms with E-state index in [2.05, 4.69) is 126 Å². The first kappa shape index (κ1) is 27.4. The molecule has 0 unspecified atom stereocenters. The van der Waals surface area contributed by atoms with Crippen molar-refractivity contribution >= 4 is 34.1 Å². The molecule has 0 saturated carbocycles. The van der Waals surface area contributed by atoms with E-state index in [0.717, 1.165) is 31.6 Å². The highest BCUT2D eigenvalue weighted by atomic mass is 127. The van der Waals surface area contributed by atoms with Crippen LogP contribution in [-0.2, 0) is 11.2 Å². The molecule has 0 amide bonds. The molecule has 1 N–H and O–H groups in total. The molecule has 5 rings (SSSR count). The Morgan fingerprint density at radius 1 is 0.675 bits per heavy atom. The number of hydrogen-bond acceptors (Lipinski definition) is 2. The van der Waals surface area contributed by atoms with E-state index in [4.69, 9.17) is 9.84 Å². The Morgan fingerprint density at radius 3 is 1.65 bits per heavy atom. The highest BCUT2D eigenvalue weighted by Crippen LogP contribution is 2.29. The first-order valence-electron chi connectivity index (χ1n) is 13.2. The SMILES string of the molecule is O=C(O)CCc1ccc(OCC=C(c2ccc(-c3ccccc3)cc2)c2ccc(-c3ccccc3)cc2)c(I)c1. The fourth-order valence-corrected chi connectivity index (χ4v) is 5.37. The molecule has 0 heterocycles. The lowest BCUT2D eigenvalue weighted by Crippen LogP contribution is -2.00. The third-order valence-corrected chi connectivity index (χ3v) is 7.60. The molecule has 0 spiro atoms. The predicted octanol–water partition coefficient (Wildman–Crippen LogP) is 9.15. The highest BCUT2D eigenvalue weighted by Gasteiger charge is 2.09. The highest BCUT2D eigenvalue weighted by molar-refractivity contribution is 14.1. The molecule has 0 bridgehead atoms. The maximum atomic E-state index is 10.9. The molecule has 5 aromatic carbocycles. The second kappa shape index (κ2) is 13.3. The quantitative estimate of drug-likeness (QED) is 0.156. The van der Waals surface area contributed by atoms with Crippen LogP contribution in [0, 0.1) is 3.57 Å². The van der Waals surface area contributed by atoms with Crippen molar-refractivity contribution in [3.63, 3.8) is 0 Å². The molecule has 198 valence electrons. The summed E-state index contributed by atoms with van der Waals surface area (Å²) >= 11 is 2.25. The van der Waals surface area contributed by atoms with Crippen LogP contribution < -0.4 is 4.74 Å². The topological polar surface area (TPSA) is 46.5 Å². The number of benzene rings is 5. The summed E-state index contributed by atoms with van der Waals surface area (Å²) in [5.74, 6) is -0.00395. The largest absolute Gasteiger partial charge is 0.488 e. The number of carboxylic acids is 1. The van der Waals surface area contributed by atoms with Crippen LogP contribution >= 0.6 is 22.6 Å². The summed E-state index contributed by atoms with van der Waals surface area (Å²) in [6.07, 6.45) is 2.76. The van der Waals surface area contributed by atoms with Crippen LogP contribution in [0.2, 0.25) is 0 Å². The zero-order valence-corrected chi connectivity index (χ0v) is 24.1. The Kier molecular flexibility index (Phi) is 9.09. The van der Waals surface area contributed by atoms with Gasteiger partial charge < -0.3 is 9.84 Å². The van der Waals surface area contributed by atoms with Gasteiger partial charge in [0.15, 0.2) is 0 Å². The summed E-state index contributed by atoms with van der Waals surface area (Å²) in [5.41, 5.74) is 9.07. The van der Waals surface area contributed by atoms with E-state index < -0.39 is 5.97 Å². The van der Waals surface area contributed by atoms with Crippen LogP contribution in [0.1, 0.15) is 23.1 Å². The van der Waals surface area contributed by atoms with Crippen molar-refractivity contribution in [1.29, 1.82) is 0 Å². The van der Waals surface area contributed by atoms with Gasteiger partial charge in [0, 0.05) is 6.42 Å². The van der Waals surface area contributed by atoms with E-state index in [9.17, 15) is 4.79 Å². The van der Waals surface area contributed by atoms with Gasteiger partial charge in [-0.05, 0) is 91.7 Å². The van der Waals surface area contributed by atoms with Crippen molar-refractivity contribution in [3.05, 3.63) is 154 Å². The van der Waals surface area contributed by atoms with Crippen molar-refractivity contribution in [2.75, 3.05) is 6.61 Å². The number of rotatable bonds is 10. The summed E-state index contributed by atoms with van der Waals surface area (Å²) in [6, 6.07) is 44.0. The molecule has 3 nitrogen and oxygen atoms in total. The summed E-state index contributed by atoms with van der Waals surface area (Å²) in [4.78, 5) is 10.9. The number of ether oxygens (including phenoxy) is 1. The lowest BCUT2D eigenvalue weighted by atomic mass is 9.94. The molecular formula is C36H29IO3. The van der Waals surface area contributed by atoms with Crippen molar-refractivity contribution in [1.82, 2.24) is 0 Å². The third-order valence-electron chi connectivity index (χ3n) is 6.76. The van der Waals surface area contributed by atoms with Crippen molar-refractivity contribution in [2.45, 2.75) is 12.8 Å². The van der Waals surface area contributed by atoms with Gasteiger partial charge in [0.2, 0.25) is 0 Å². The Bertz CT molecular complexity index is 1510. The van der Waals surface area contributed by atoms with Crippen molar-refractivity contribution in [2.24, 2.45) is 0 Å². The number of aryl methyl sites for hydroxylation is 1. The number of hydrogen-bond donors (Lipinski definition) is 1. The van der Waals surface area contributed by atoms with Crippen LogP contribution in [0.4, 0.5) is 0 Å². The molecule has 4 heteroatoms. The van der Waals surface area contributed by atoms with Crippen LogP contribution in [0.25, 0.3) is 27.8 Å². The van der Waals surface area contributed by atoms with Crippen LogP contribution in [0.3, 0.4) is 0 Å². The molecule has 0 fully saturated rings. The van der Waals surface area contributed by atoms with Gasteiger partial charge in [-0.3, -0.25) is 4.79 Å². The average molecular weight is 637 g/mol.